The van der Waals surface area contributed by atoms with Crippen molar-refractivity contribution in [2.24, 2.45) is 0 Å². The number of carbonyl (C=O) groups is 2. The maximum absolute atomic E-state index is 12.1. The summed E-state index contributed by atoms with van der Waals surface area (Å²) >= 11 is 0. The molecule has 5 heteroatoms. The van der Waals surface area contributed by atoms with Gasteiger partial charge in [0, 0.05) is 12.8 Å². The molecule has 1 N–H and O–H groups in total. The van der Waals surface area contributed by atoms with Crippen molar-refractivity contribution < 1.29 is 24.2 Å². The van der Waals surface area contributed by atoms with Crippen molar-refractivity contribution in [1.82, 2.24) is 0 Å². The summed E-state index contributed by atoms with van der Waals surface area (Å²) in [5.41, 5.74) is 0. The van der Waals surface area contributed by atoms with Gasteiger partial charge in [-0.25, -0.2) is 0 Å². The highest BCUT2D eigenvalue weighted by molar-refractivity contribution is 5.70. The van der Waals surface area contributed by atoms with E-state index in [1.54, 1.807) is 0 Å². The molecule has 0 spiro atoms. The summed E-state index contributed by atoms with van der Waals surface area (Å²) < 4.78 is 10.5. The molecule has 0 aromatic heterocycles. The molecule has 0 rings (SSSR count). The lowest BCUT2D eigenvalue weighted by Crippen LogP contribution is -2.28. The first-order valence-corrected chi connectivity index (χ1v) is 19.9. The quantitative estimate of drug-likeness (QED) is 0.0416. The van der Waals surface area contributed by atoms with Crippen molar-refractivity contribution in [3.8, 4) is 0 Å². The SMILES string of the molecule is CCCCCCC/C=C\C/C=C\CCCCCCCCCCCCCCCC(=O)OC(CO)COC(=O)CCCCCCCCC. The standard InChI is InChI=1S/C41H76O5/c1-3-5-7-9-11-12-13-14-15-16-17-18-19-20-21-22-23-24-25-26-27-28-30-32-34-36-41(44)46-39(37-42)38-45-40(43)35-33-31-29-10-8-6-4-2/h13-14,16-17,39,42H,3-12,15,18-38H2,1-2H3/b14-13-,17-16-. The first-order valence-electron chi connectivity index (χ1n) is 19.9. The number of esters is 2. The lowest BCUT2D eigenvalue weighted by molar-refractivity contribution is -0.161. The number of hydrogen-bond donors (Lipinski definition) is 1. The molecule has 0 aliphatic heterocycles. The van der Waals surface area contributed by atoms with E-state index in [1.807, 2.05) is 0 Å². The fraction of sp³-hybridized carbons (Fsp3) is 0.854. The zero-order valence-electron chi connectivity index (χ0n) is 30.6. The lowest BCUT2D eigenvalue weighted by atomic mass is 10.0. The van der Waals surface area contributed by atoms with Crippen LogP contribution < -0.4 is 0 Å². The average Bonchev–Trinajstić information content (AvgIpc) is 3.06. The van der Waals surface area contributed by atoms with Gasteiger partial charge in [-0.1, -0.05) is 173 Å². The first kappa shape index (κ1) is 44.4. The maximum atomic E-state index is 12.1. The van der Waals surface area contributed by atoms with Crippen molar-refractivity contribution in [1.29, 1.82) is 0 Å². The van der Waals surface area contributed by atoms with Gasteiger partial charge in [0.2, 0.25) is 0 Å². The Morgan fingerprint density at radius 3 is 1.28 bits per heavy atom. The van der Waals surface area contributed by atoms with E-state index >= 15 is 0 Å². The molecule has 0 aromatic rings. The Hall–Kier alpha value is -1.62. The summed E-state index contributed by atoms with van der Waals surface area (Å²) in [6.45, 7) is 4.08. The molecule has 0 aliphatic carbocycles. The van der Waals surface area contributed by atoms with Crippen LogP contribution in [-0.2, 0) is 19.1 Å². The number of carbonyl (C=O) groups excluding carboxylic acids is 2. The average molecular weight is 649 g/mol. The molecular weight excluding hydrogens is 572 g/mol. The second-order valence-electron chi connectivity index (χ2n) is 13.4. The van der Waals surface area contributed by atoms with E-state index in [2.05, 4.69) is 38.2 Å². The van der Waals surface area contributed by atoms with Gasteiger partial charge in [0.25, 0.3) is 0 Å². The zero-order valence-corrected chi connectivity index (χ0v) is 30.6. The van der Waals surface area contributed by atoms with Gasteiger partial charge >= 0.3 is 11.9 Å². The largest absolute Gasteiger partial charge is 0.462 e. The monoisotopic (exact) mass is 649 g/mol. The second kappa shape index (κ2) is 37.8. The lowest BCUT2D eigenvalue weighted by Gasteiger charge is -2.15. The van der Waals surface area contributed by atoms with Crippen LogP contribution in [0.15, 0.2) is 24.3 Å². The highest BCUT2D eigenvalue weighted by atomic mass is 16.6. The molecule has 1 unspecified atom stereocenters. The summed E-state index contributed by atoms with van der Waals surface area (Å²) in [7, 11) is 0. The number of hydrogen-bond acceptors (Lipinski definition) is 5. The van der Waals surface area contributed by atoms with E-state index in [9.17, 15) is 14.7 Å². The maximum Gasteiger partial charge on any atom is 0.306 e. The van der Waals surface area contributed by atoms with Gasteiger partial charge in [-0.05, 0) is 44.9 Å². The van der Waals surface area contributed by atoms with Crippen LogP contribution in [-0.4, -0.2) is 36.4 Å². The Bertz CT molecular complexity index is 701. The Kier molecular flexibility index (Phi) is 36.5. The highest BCUT2D eigenvalue weighted by Gasteiger charge is 2.16. The van der Waals surface area contributed by atoms with Crippen LogP contribution in [0.5, 0.6) is 0 Å². The van der Waals surface area contributed by atoms with Crippen molar-refractivity contribution in [2.75, 3.05) is 13.2 Å². The van der Waals surface area contributed by atoms with Gasteiger partial charge in [-0.15, -0.1) is 0 Å². The summed E-state index contributed by atoms with van der Waals surface area (Å²) in [6, 6.07) is 0. The fourth-order valence-electron chi connectivity index (χ4n) is 5.70. The summed E-state index contributed by atoms with van der Waals surface area (Å²) in [5.74, 6) is -0.593. The highest BCUT2D eigenvalue weighted by Crippen LogP contribution is 2.14. The number of aliphatic hydroxyl groups excluding tert-OH is 1. The van der Waals surface area contributed by atoms with Crippen LogP contribution in [0, 0.1) is 0 Å². The normalized spacial score (nSPS) is 12.3. The number of aliphatic hydroxyl groups is 1. The van der Waals surface area contributed by atoms with Crippen molar-refractivity contribution >= 4 is 11.9 Å². The Morgan fingerprint density at radius 2 is 0.870 bits per heavy atom. The molecule has 0 bridgehead atoms. The number of allylic oxidation sites excluding steroid dienone is 4. The van der Waals surface area contributed by atoms with E-state index < -0.39 is 6.10 Å². The molecule has 0 heterocycles. The summed E-state index contributed by atoms with van der Waals surface area (Å²) in [5, 5.41) is 9.50. The smallest absolute Gasteiger partial charge is 0.306 e. The molecule has 0 fully saturated rings. The van der Waals surface area contributed by atoms with E-state index in [0.717, 1.165) is 44.9 Å². The van der Waals surface area contributed by atoms with Crippen LogP contribution >= 0.6 is 0 Å². The van der Waals surface area contributed by atoms with Crippen LogP contribution in [0.4, 0.5) is 0 Å². The molecule has 0 radical (unpaired) electrons. The Balaban J connectivity index is 3.45. The molecule has 270 valence electrons. The molecule has 46 heavy (non-hydrogen) atoms. The van der Waals surface area contributed by atoms with Gasteiger partial charge < -0.3 is 14.6 Å². The third-order valence-corrected chi connectivity index (χ3v) is 8.75. The molecule has 0 aliphatic rings. The van der Waals surface area contributed by atoms with E-state index in [0.29, 0.717) is 12.8 Å². The number of unbranched alkanes of at least 4 members (excludes halogenated alkanes) is 24. The van der Waals surface area contributed by atoms with Crippen molar-refractivity contribution in [2.45, 2.75) is 213 Å². The molecular formula is C41H76O5. The predicted molar refractivity (Wildman–Crippen MR) is 196 cm³/mol. The van der Waals surface area contributed by atoms with E-state index in [-0.39, 0.29) is 25.2 Å². The predicted octanol–water partition coefficient (Wildman–Crippen LogP) is 12.3. The van der Waals surface area contributed by atoms with Crippen LogP contribution in [0.2, 0.25) is 0 Å². The number of rotatable bonds is 36. The Morgan fingerprint density at radius 1 is 0.500 bits per heavy atom. The van der Waals surface area contributed by atoms with Crippen molar-refractivity contribution in [3.05, 3.63) is 24.3 Å². The minimum absolute atomic E-state index is 0.0627. The zero-order chi connectivity index (χ0) is 33.6. The molecule has 0 saturated carbocycles. The van der Waals surface area contributed by atoms with Gasteiger partial charge in [-0.3, -0.25) is 9.59 Å². The van der Waals surface area contributed by atoms with E-state index in [1.165, 1.54) is 135 Å². The number of ether oxygens (including phenoxy) is 2. The van der Waals surface area contributed by atoms with Gasteiger partial charge in [0.05, 0.1) is 6.61 Å². The van der Waals surface area contributed by atoms with Gasteiger partial charge in [0.15, 0.2) is 6.10 Å². The van der Waals surface area contributed by atoms with Crippen molar-refractivity contribution in [3.63, 3.8) is 0 Å². The molecule has 0 aromatic carbocycles. The summed E-state index contributed by atoms with van der Waals surface area (Å²) in [4.78, 5) is 24.1. The van der Waals surface area contributed by atoms with E-state index in [4.69, 9.17) is 9.47 Å². The molecule has 5 nitrogen and oxygen atoms in total. The van der Waals surface area contributed by atoms with Crippen LogP contribution in [0.1, 0.15) is 206 Å². The fourth-order valence-corrected chi connectivity index (χ4v) is 5.70. The summed E-state index contributed by atoms with van der Waals surface area (Å²) in [6.07, 6.45) is 44.1. The van der Waals surface area contributed by atoms with Crippen LogP contribution in [0.25, 0.3) is 0 Å². The van der Waals surface area contributed by atoms with Gasteiger partial charge in [-0.2, -0.15) is 0 Å². The first-order chi connectivity index (χ1) is 22.6. The molecule has 1 atom stereocenters. The topological polar surface area (TPSA) is 72.8 Å². The minimum Gasteiger partial charge on any atom is -0.462 e. The third-order valence-electron chi connectivity index (χ3n) is 8.75. The van der Waals surface area contributed by atoms with Crippen LogP contribution in [0.3, 0.4) is 0 Å². The second-order valence-corrected chi connectivity index (χ2v) is 13.4. The minimum atomic E-state index is -0.764. The molecule has 0 saturated heterocycles. The van der Waals surface area contributed by atoms with Gasteiger partial charge in [0.1, 0.15) is 6.61 Å². The Labute approximate surface area is 285 Å². The third kappa shape index (κ3) is 35.2. The molecule has 0 amide bonds.